The van der Waals surface area contributed by atoms with Crippen molar-refractivity contribution in [1.82, 2.24) is 0 Å². The number of aromatic nitrogens is 1. The van der Waals surface area contributed by atoms with Crippen LogP contribution < -0.4 is 26.4 Å². The van der Waals surface area contributed by atoms with E-state index < -0.39 is 149 Å². The van der Waals surface area contributed by atoms with E-state index in [0.717, 1.165) is 0 Å². The van der Waals surface area contributed by atoms with Crippen LogP contribution in [-0.2, 0) is 13.1 Å². The van der Waals surface area contributed by atoms with Crippen LogP contribution in [-0.4, -0.2) is 16.9 Å². The molecule has 0 aliphatic carbocycles. The predicted octanol–water partition coefficient (Wildman–Crippen LogP) is 7.48. The van der Waals surface area contributed by atoms with Crippen LogP contribution in [0, 0.1) is 126 Å². The molecule has 336 valence electrons. The van der Waals surface area contributed by atoms with E-state index in [1.807, 2.05) is 6.07 Å². The van der Waals surface area contributed by atoms with Crippen molar-refractivity contribution in [2.24, 2.45) is 0 Å². The van der Waals surface area contributed by atoms with Crippen molar-refractivity contribution in [2.75, 3.05) is 0 Å². The van der Waals surface area contributed by atoms with Crippen molar-refractivity contribution in [2.45, 2.75) is 13.1 Å². The number of carbonyl (C=O) groups is 1. The number of pyridine rings is 1. The smallest absolute Gasteiger partial charge is 0.286 e. The Morgan fingerprint density at radius 3 is 0.969 bits per heavy atom. The molecule has 64 heavy (non-hydrogen) atoms. The van der Waals surface area contributed by atoms with Crippen molar-refractivity contribution in [3.05, 3.63) is 192 Å². The van der Waals surface area contributed by atoms with E-state index >= 15 is 35.1 Å². The normalized spacial score (nSPS) is 11.4. The molecule has 0 spiro atoms. The van der Waals surface area contributed by atoms with Crippen molar-refractivity contribution >= 4 is 33.8 Å². The molecule has 0 aliphatic rings. The van der Waals surface area contributed by atoms with Crippen LogP contribution in [0.15, 0.2) is 54.7 Å². The summed E-state index contributed by atoms with van der Waals surface area (Å²) in [5.74, 6) is -71.5. The summed E-state index contributed by atoms with van der Waals surface area (Å²) in [5, 5.41) is 10.6. The summed E-state index contributed by atoms with van der Waals surface area (Å²) in [7, 11) is 0. The number of carbonyl (C=O) groups excluding carboxylic acids is 1. The average molecular weight is 936 g/mol. The number of ketones is 1. The van der Waals surface area contributed by atoms with Crippen molar-refractivity contribution in [3.63, 3.8) is 0 Å². The number of nitro groups is 1. The molecule has 0 atom stereocenters. The standard InChI is InChI=1S/C24BF20.C14H13N2O3/c26-5-1(6(27)14(35)21(42)13(5)34)25(2-7(28)15(36)22(43)16(37)8(2)29,3-9(30)17(38)23(44)18(39)10(3)31)4-11(32)19(40)24(45)20(41)12(4)33;17-14(12-6-2-1-3-7-12)11-15-9-5-4-8-13(15)10-16(18)19/h;1-9H,10-11H2/q-1;+1. The first kappa shape index (κ1) is 48.0. The molecule has 0 unspecified atom stereocenters. The van der Waals surface area contributed by atoms with Gasteiger partial charge in [-0.1, -0.05) is 30.3 Å². The Balaban J connectivity index is 0.000000337. The zero-order chi connectivity index (χ0) is 48.0. The van der Waals surface area contributed by atoms with E-state index in [1.165, 1.54) is 0 Å². The molecule has 0 saturated heterocycles. The first-order valence-electron chi connectivity index (χ1n) is 16.8. The fourth-order valence-corrected chi connectivity index (χ4v) is 6.69. The molecule has 0 N–H and O–H groups in total. The van der Waals surface area contributed by atoms with Gasteiger partial charge in [-0.25, -0.2) is 87.8 Å². The number of hydrogen-bond acceptors (Lipinski definition) is 3. The van der Waals surface area contributed by atoms with Gasteiger partial charge in [-0.15, -0.1) is 21.9 Å². The molecule has 26 heteroatoms. The highest BCUT2D eigenvalue weighted by Gasteiger charge is 2.52. The maximum absolute atomic E-state index is 15.4. The maximum atomic E-state index is 15.4. The fourth-order valence-electron chi connectivity index (χ4n) is 6.69. The van der Waals surface area contributed by atoms with Crippen LogP contribution in [0.4, 0.5) is 87.8 Å². The SMILES string of the molecule is Fc1c(F)c(F)c([B-](c2c(F)c(F)c(F)c(F)c2F)(c2c(F)c(F)c(F)c(F)c2F)c2c(F)c(F)c(F)c(F)c2F)c(F)c1F.O=C(C[n+]1ccccc1C[N+](=O)[O-])c1ccccc1. The summed E-state index contributed by atoms with van der Waals surface area (Å²) < 4.78 is 296. The molecule has 1 aromatic heterocycles. The third-order valence-electron chi connectivity index (χ3n) is 9.44. The molecule has 6 aromatic rings. The highest BCUT2D eigenvalue weighted by molar-refractivity contribution is 7.20. The van der Waals surface area contributed by atoms with E-state index in [4.69, 9.17) is 0 Å². The highest BCUT2D eigenvalue weighted by atomic mass is 19.2. The van der Waals surface area contributed by atoms with Gasteiger partial charge in [-0.05, 0) is 6.07 Å². The van der Waals surface area contributed by atoms with Crippen LogP contribution in [0.1, 0.15) is 16.1 Å². The average Bonchev–Trinajstić information content (AvgIpc) is 3.27. The summed E-state index contributed by atoms with van der Waals surface area (Å²) in [4.78, 5) is 22.2. The first-order chi connectivity index (χ1) is 29.9. The van der Waals surface area contributed by atoms with Gasteiger partial charge in [-0.3, -0.25) is 14.9 Å². The Hall–Kier alpha value is -7.02. The van der Waals surface area contributed by atoms with Crippen LogP contribution in [0.5, 0.6) is 0 Å². The first-order valence-corrected chi connectivity index (χ1v) is 16.8. The zero-order valence-corrected chi connectivity index (χ0v) is 30.4. The van der Waals surface area contributed by atoms with Gasteiger partial charge in [0.05, 0.1) is 0 Å². The van der Waals surface area contributed by atoms with Gasteiger partial charge < -0.3 is 0 Å². The van der Waals surface area contributed by atoms with Crippen LogP contribution in [0.3, 0.4) is 0 Å². The van der Waals surface area contributed by atoms with Crippen molar-refractivity contribution < 1.29 is 102 Å². The lowest BCUT2D eigenvalue weighted by atomic mass is 9.12. The van der Waals surface area contributed by atoms with Gasteiger partial charge in [0.2, 0.25) is 12.3 Å². The Morgan fingerprint density at radius 1 is 0.422 bits per heavy atom. The molecular weight excluding hydrogens is 923 g/mol. The van der Waals surface area contributed by atoms with Gasteiger partial charge in [-0.2, -0.15) is 4.57 Å². The van der Waals surface area contributed by atoms with E-state index in [-0.39, 0.29) is 18.9 Å². The topological polar surface area (TPSA) is 64.1 Å². The number of rotatable bonds is 9. The summed E-state index contributed by atoms with van der Waals surface area (Å²) in [6, 6.07) is 14.0. The number of nitrogens with zero attached hydrogens (tertiary/aromatic N) is 2. The lowest BCUT2D eigenvalue weighted by Gasteiger charge is -2.44. The van der Waals surface area contributed by atoms with Crippen LogP contribution >= 0.6 is 0 Å². The minimum absolute atomic E-state index is 0.0682. The lowest BCUT2D eigenvalue weighted by molar-refractivity contribution is -0.704. The Morgan fingerprint density at radius 2 is 0.688 bits per heavy atom. The largest absolute Gasteiger partial charge is 0.287 e. The van der Waals surface area contributed by atoms with Crippen LogP contribution in [0.2, 0.25) is 0 Å². The molecule has 0 bridgehead atoms. The summed E-state index contributed by atoms with van der Waals surface area (Å²) in [6.07, 6.45) is -5.54. The third-order valence-corrected chi connectivity index (χ3v) is 9.44. The lowest BCUT2D eigenvalue weighted by Crippen LogP contribution is -2.81. The number of Topliss-reactive ketones (excluding diaryl/α,β-unsaturated/α-hetero) is 1. The molecule has 6 rings (SSSR count). The number of benzene rings is 5. The fraction of sp³-hybridized carbons (Fsp3) is 0.0526. The highest BCUT2D eigenvalue weighted by Crippen LogP contribution is 2.30. The second-order valence-corrected chi connectivity index (χ2v) is 12.9. The molecule has 0 radical (unpaired) electrons. The minimum atomic E-state index is -7.22. The second kappa shape index (κ2) is 18.0. The monoisotopic (exact) mass is 936 g/mol. The second-order valence-electron chi connectivity index (χ2n) is 12.9. The molecule has 0 amide bonds. The molecule has 1 heterocycles. The van der Waals surface area contributed by atoms with Crippen molar-refractivity contribution in [1.29, 1.82) is 0 Å². The Bertz CT molecular complexity index is 2520. The summed E-state index contributed by atoms with van der Waals surface area (Å²) >= 11 is 0. The van der Waals surface area contributed by atoms with Gasteiger partial charge >= 0.3 is 0 Å². The Labute approximate surface area is 341 Å². The van der Waals surface area contributed by atoms with Crippen molar-refractivity contribution in [3.8, 4) is 0 Å². The minimum Gasteiger partial charge on any atom is -0.287 e. The van der Waals surface area contributed by atoms with E-state index in [1.54, 1.807) is 53.2 Å². The Kier molecular flexibility index (Phi) is 13.5. The zero-order valence-electron chi connectivity index (χ0n) is 30.4. The molecule has 0 fully saturated rings. The van der Waals surface area contributed by atoms with E-state index in [2.05, 4.69) is 0 Å². The molecule has 5 nitrogen and oxygen atoms in total. The molecular formula is C38H13BF20N2O3. The predicted molar refractivity (Wildman–Crippen MR) is 177 cm³/mol. The van der Waals surface area contributed by atoms with E-state index in [9.17, 15) is 67.6 Å². The van der Waals surface area contributed by atoms with Crippen LogP contribution in [0.25, 0.3) is 0 Å². The number of halogens is 20. The quantitative estimate of drug-likeness (QED) is 0.0221. The van der Waals surface area contributed by atoms with Gasteiger partial charge in [0, 0.05) is 22.6 Å². The van der Waals surface area contributed by atoms with Gasteiger partial charge in [0.25, 0.3) is 12.2 Å². The van der Waals surface area contributed by atoms with E-state index in [0.29, 0.717) is 11.3 Å². The third kappa shape index (κ3) is 7.73. The molecule has 0 aliphatic heterocycles. The number of hydrogen-bond donors (Lipinski definition) is 0. The maximum Gasteiger partial charge on any atom is 0.286 e. The van der Waals surface area contributed by atoms with Gasteiger partial charge in [0.1, 0.15) is 52.7 Å². The summed E-state index contributed by atoms with van der Waals surface area (Å²) in [6.45, 7) is -0.184. The molecule has 5 aromatic carbocycles. The summed E-state index contributed by atoms with van der Waals surface area (Å²) in [5.41, 5.74) is -13.2. The molecule has 0 saturated carbocycles. The van der Waals surface area contributed by atoms with Gasteiger partial charge in [0.15, 0.2) is 76.0 Å².